The molecule has 0 aromatic heterocycles. The highest BCUT2D eigenvalue weighted by molar-refractivity contribution is 7.81. The second-order valence-corrected chi connectivity index (χ2v) is 6.82. The number of hydrogen-bond donors (Lipinski definition) is 3. The SMILES string of the molecule is CCCCCCCCCCCCOS(=O)(=O)OCC(O)CO.CN. The monoisotopic (exact) mass is 371 g/mol. The van der Waals surface area contributed by atoms with Crippen LogP contribution in [-0.4, -0.2) is 51.6 Å². The molecule has 0 rings (SSSR count). The summed E-state index contributed by atoms with van der Waals surface area (Å²) < 4.78 is 31.6. The summed E-state index contributed by atoms with van der Waals surface area (Å²) in [5.41, 5.74) is 4.50. The molecule has 0 aromatic rings. The molecule has 0 fully saturated rings. The Balaban J connectivity index is 0. The molecule has 0 saturated heterocycles. The van der Waals surface area contributed by atoms with Crippen LogP contribution in [0.4, 0.5) is 0 Å². The molecule has 148 valence electrons. The van der Waals surface area contributed by atoms with E-state index in [1.54, 1.807) is 0 Å². The number of rotatable bonds is 16. The Morgan fingerprint density at radius 2 is 1.33 bits per heavy atom. The zero-order valence-electron chi connectivity index (χ0n) is 15.3. The molecule has 24 heavy (non-hydrogen) atoms. The van der Waals surface area contributed by atoms with Gasteiger partial charge in [-0.25, -0.2) is 8.37 Å². The first-order valence-electron chi connectivity index (χ1n) is 8.92. The summed E-state index contributed by atoms with van der Waals surface area (Å²) in [7, 11) is -2.57. The number of nitrogens with two attached hydrogens (primary N) is 1. The van der Waals surface area contributed by atoms with E-state index >= 15 is 0 Å². The molecule has 0 amide bonds. The third-order valence-electron chi connectivity index (χ3n) is 3.34. The summed E-state index contributed by atoms with van der Waals surface area (Å²) in [5, 5.41) is 17.5. The van der Waals surface area contributed by atoms with Crippen molar-refractivity contribution in [2.45, 2.75) is 77.2 Å². The van der Waals surface area contributed by atoms with Crippen molar-refractivity contribution in [3.05, 3.63) is 0 Å². The van der Waals surface area contributed by atoms with Gasteiger partial charge >= 0.3 is 10.4 Å². The minimum absolute atomic E-state index is 0.0913. The van der Waals surface area contributed by atoms with Crippen molar-refractivity contribution in [2.24, 2.45) is 5.73 Å². The summed E-state index contributed by atoms with van der Waals surface area (Å²) >= 11 is 0. The van der Waals surface area contributed by atoms with Crippen molar-refractivity contribution in [3.8, 4) is 0 Å². The van der Waals surface area contributed by atoms with Crippen LogP contribution >= 0.6 is 0 Å². The zero-order chi connectivity index (χ0) is 18.7. The Hall–Kier alpha value is -0.250. The van der Waals surface area contributed by atoms with E-state index in [-0.39, 0.29) is 6.61 Å². The van der Waals surface area contributed by atoms with Crippen LogP contribution < -0.4 is 5.73 Å². The molecular weight excluding hydrogens is 334 g/mol. The minimum atomic E-state index is -4.07. The van der Waals surface area contributed by atoms with Gasteiger partial charge in [0, 0.05) is 0 Å². The Morgan fingerprint density at radius 3 is 1.79 bits per heavy atom. The van der Waals surface area contributed by atoms with Gasteiger partial charge < -0.3 is 15.9 Å². The topological polar surface area (TPSA) is 119 Å². The Bertz CT molecular complexity index is 337. The van der Waals surface area contributed by atoms with E-state index < -0.39 is 29.7 Å². The van der Waals surface area contributed by atoms with Crippen molar-refractivity contribution < 1.29 is 27.0 Å². The van der Waals surface area contributed by atoms with Gasteiger partial charge in [0.25, 0.3) is 0 Å². The van der Waals surface area contributed by atoms with Crippen LogP contribution in [0.2, 0.25) is 0 Å². The maximum atomic E-state index is 11.3. The summed E-state index contributed by atoms with van der Waals surface area (Å²) in [6.07, 6.45) is 10.4. The summed E-state index contributed by atoms with van der Waals surface area (Å²) in [6, 6.07) is 0. The third-order valence-corrected chi connectivity index (χ3v) is 4.22. The predicted octanol–water partition coefficient (Wildman–Crippen LogP) is 2.11. The van der Waals surface area contributed by atoms with E-state index in [2.05, 4.69) is 21.0 Å². The predicted molar refractivity (Wildman–Crippen MR) is 95.9 cm³/mol. The molecule has 8 heteroatoms. The maximum Gasteiger partial charge on any atom is 0.399 e. The lowest BCUT2D eigenvalue weighted by Crippen LogP contribution is -2.23. The molecule has 0 aliphatic heterocycles. The van der Waals surface area contributed by atoms with Crippen LogP contribution in [0.15, 0.2) is 0 Å². The summed E-state index contributed by atoms with van der Waals surface area (Å²) in [4.78, 5) is 0. The zero-order valence-corrected chi connectivity index (χ0v) is 16.1. The number of unbranched alkanes of at least 4 members (excludes halogenated alkanes) is 9. The van der Waals surface area contributed by atoms with Crippen LogP contribution in [0.25, 0.3) is 0 Å². The van der Waals surface area contributed by atoms with E-state index in [9.17, 15) is 8.42 Å². The fraction of sp³-hybridized carbons (Fsp3) is 1.00. The molecule has 7 nitrogen and oxygen atoms in total. The van der Waals surface area contributed by atoms with Gasteiger partial charge in [0.15, 0.2) is 0 Å². The number of aliphatic hydroxyl groups is 2. The quantitative estimate of drug-likeness (QED) is 0.355. The van der Waals surface area contributed by atoms with Gasteiger partial charge in [-0.3, -0.25) is 0 Å². The Morgan fingerprint density at radius 1 is 0.875 bits per heavy atom. The van der Waals surface area contributed by atoms with Crippen LogP contribution in [0.1, 0.15) is 71.1 Å². The van der Waals surface area contributed by atoms with E-state index in [0.717, 1.165) is 12.8 Å². The average molecular weight is 372 g/mol. The van der Waals surface area contributed by atoms with Gasteiger partial charge in [0.2, 0.25) is 0 Å². The lowest BCUT2D eigenvalue weighted by atomic mass is 10.1. The normalized spacial score (nSPS) is 12.5. The van der Waals surface area contributed by atoms with Gasteiger partial charge in [-0.05, 0) is 13.5 Å². The minimum Gasteiger partial charge on any atom is -0.394 e. The summed E-state index contributed by atoms with van der Waals surface area (Å²) in [5.74, 6) is 0. The van der Waals surface area contributed by atoms with Crippen molar-refractivity contribution in [3.63, 3.8) is 0 Å². The van der Waals surface area contributed by atoms with Crippen LogP contribution in [0, 0.1) is 0 Å². The highest BCUT2D eigenvalue weighted by Crippen LogP contribution is 2.11. The van der Waals surface area contributed by atoms with Crippen molar-refractivity contribution in [2.75, 3.05) is 26.9 Å². The van der Waals surface area contributed by atoms with Gasteiger partial charge in [0.1, 0.15) is 6.10 Å². The summed E-state index contributed by atoms with van der Waals surface area (Å²) in [6.45, 7) is 1.26. The van der Waals surface area contributed by atoms with E-state index in [1.165, 1.54) is 52.0 Å². The molecule has 0 spiro atoms. The molecule has 0 radical (unpaired) electrons. The largest absolute Gasteiger partial charge is 0.399 e. The number of hydrogen-bond acceptors (Lipinski definition) is 7. The number of aliphatic hydroxyl groups excluding tert-OH is 2. The van der Waals surface area contributed by atoms with Crippen LogP contribution in [-0.2, 0) is 18.8 Å². The molecule has 0 aliphatic rings. The van der Waals surface area contributed by atoms with Crippen molar-refractivity contribution in [1.82, 2.24) is 0 Å². The molecule has 0 aromatic carbocycles. The average Bonchev–Trinajstić information content (AvgIpc) is 2.59. The molecular formula is C16H37NO6S. The van der Waals surface area contributed by atoms with Gasteiger partial charge in [-0.15, -0.1) is 0 Å². The molecule has 1 unspecified atom stereocenters. The van der Waals surface area contributed by atoms with Gasteiger partial charge in [0.05, 0.1) is 19.8 Å². The first kappa shape index (κ1) is 26.0. The first-order chi connectivity index (χ1) is 11.5. The first-order valence-corrected chi connectivity index (χ1v) is 10.3. The highest BCUT2D eigenvalue weighted by Gasteiger charge is 2.14. The van der Waals surface area contributed by atoms with Crippen LogP contribution in [0.5, 0.6) is 0 Å². The molecule has 1 atom stereocenters. The molecule has 0 bridgehead atoms. The Kier molecular flexibility index (Phi) is 20.7. The van der Waals surface area contributed by atoms with Gasteiger partial charge in [-0.1, -0.05) is 64.7 Å². The van der Waals surface area contributed by atoms with E-state index in [4.69, 9.17) is 10.2 Å². The second kappa shape index (κ2) is 19.1. The fourth-order valence-electron chi connectivity index (χ4n) is 2.00. The third kappa shape index (κ3) is 19.8. The standard InChI is InChI=1S/C15H32O6S.CH5N/c1-2-3-4-5-6-7-8-9-10-11-12-20-22(18,19)21-14-15(17)13-16;1-2/h15-17H,2-14H2,1H3;2H2,1H3. The molecule has 0 saturated carbocycles. The smallest absolute Gasteiger partial charge is 0.394 e. The molecule has 0 heterocycles. The highest BCUT2D eigenvalue weighted by atomic mass is 32.3. The Labute approximate surface area is 147 Å². The maximum absolute atomic E-state index is 11.3. The van der Waals surface area contributed by atoms with E-state index in [0.29, 0.717) is 6.42 Å². The van der Waals surface area contributed by atoms with E-state index in [1.807, 2.05) is 0 Å². The van der Waals surface area contributed by atoms with Crippen molar-refractivity contribution >= 4 is 10.4 Å². The second-order valence-electron chi connectivity index (χ2n) is 5.53. The van der Waals surface area contributed by atoms with Gasteiger partial charge in [-0.2, -0.15) is 8.42 Å². The van der Waals surface area contributed by atoms with Crippen LogP contribution in [0.3, 0.4) is 0 Å². The molecule has 0 aliphatic carbocycles. The fourth-order valence-corrected chi connectivity index (χ4v) is 2.71. The van der Waals surface area contributed by atoms with Crippen molar-refractivity contribution in [1.29, 1.82) is 0 Å². The lowest BCUT2D eigenvalue weighted by molar-refractivity contribution is 0.0487. The molecule has 4 N–H and O–H groups in total. The lowest BCUT2D eigenvalue weighted by Gasteiger charge is -2.08.